The van der Waals surface area contributed by atoms with Crippen LogP contribution in [0.2, 0.25) is 0 Å². The van der Waals surface area contributed by atoms with Gasteiger partial charge in [-0.3, -0.25) is 4.79 Å². The quantitative estimate of drug-likeness (QED) is 0.656. The Hall–Kier alpha value is -2.10. The number of nitrogens with zero attached hydrogens (tertiary/aromatic N) is 3. The van der Waals surface area contributed by atoms with Gasteiger partial charge in [-0.05, 0) is 31.2 Å². The van der Waals surface area contributed by atoms with E-state index >= 15 is 0 Å². The van der Waals surface area contributed by atoms with E-state index in [0.29, 0.717) is 16.5 Å². The number of carbonyl (C=O) groups is 1. The van der Waals surface area contributed by atoms with Crippen LogP contribution in [0.1, 0.15) is 6.92 Å². The molecule has 0 radical (unpaired) electrons. The third-order valence-electron chi connectivity index (χ3n) is 3.05. The van der Waals surface area contributed by atoms with Gasteiger partial charge in [-0.15, -0.1) is 10.2 Å². The average molecular weight is 362 g/mol. The summed E-state index contributed by atoms with van der Waals surface area (Å²) in [6.45, 7) is 0.0962. The number of hydrogen-bond acceptors (Lipinski definition) is 4. The Morgan fingerprint density at radius 1 is 1.29 bits per heavy atom. The normalized spacial score (nSPS) is 12.9. The summed E-state index contributed by atoms with van der Waals surface area (Å²) in [6, 6.07) is 5.63. The van der Waals surface area contributed by atoms with Gasteiger partial charge in [0.25, 0.3) is 0 Å². The number of carbonyl (C=O) groups excluding carboxylic acids is 1. The third-order valence-corrected chi connectivity index (χ3v) is 4.19. The zero-order valence-electron chi connectivity index (χ0n) is 12.8. The second-order valence-electron chi connectivity index (χ2n) is 4.97. The Morgan fingerprint density at radius 2 is 1.92 bits per heavy atom. The molecule has 1 aromatic heterocycles. The fourth-order valence-electron chi connectivity index (χ4n) is 1.81. The standard InChI is InChI=1S/C14H14F4N4OS/c1-8(12(23)19-7-14(16,17)18)24-13-21-20-11(22(13)2)9-3-5-10(15)6-4-9/h3-6,8H,7H2,1-2H3,(H,19,23). The molecule has 0 fully saturated rings. The molecule has 0 aliphatic heterocycles. The van der Waals surface area contributed by atoms with Gasteiger partial charge in [0.15, 0.2) is 11.0 Å². The number of nitrogens with one attached hydrogen (secondary N) is 1. The molecule has 0 saturated heterocycles. The highest BCUT2D eigenvalue weighted by Gasteiger charge is 2.29. The Bertz CT molecular complexity index is 715. The molecule has 0 aliphatic carbocycles. The van der Waals surface area contributed by atoms with Crippen molar-refractivity contribution >= 4 is 17.7 Å². The minimum absolute atomic E-state index is 0.365. The fourth-order valence-corrected chi connectivity index (χ4v) is 2.65. The molecule has 0 spiro atoms. The molecular formula is C14H14F4N4OS. The number of alkyl halides is 3. The molecule has 0 saturated carbocycles. The van der Waals surface area contributed by atoms with Crippen LogP contribution in [0.4, 0.5) is 17.6 Å². The van der Waals surface area contributed by atoms with E-state index in [1.54, 1.807) is 11.6 Å². The van der Waals surface area contributed by atoms with Gasteiger partial charge >= 0.3 is 6.18 Å². The Kier molecular flexibility index (Phi) is 5.47. The Morgan fingerprint density at radius 3 is 2.50 bits per heavy atom. The van der Waals surface area contributed by atoms with Crippen LogP contribution < -0.4 is 5.32 Å². The van der Waals surface area contributed by atoms with E-state index in [2.05, 4.69) is 10.2 Å². The lowest BCUT2D eigenvalue weighted by molar-refractivity contribution is -0.137. The van der Waals surface area contributed by atoms with Gasteiger partial charge in [0.2, 0.25) is 5.91 Å². The molecule has 1 N–H and O–H groups in total. The number of halogens is 4. The molecule has 2 aromatic rings. The van der Waals surface area contributed by atoms with Crippen molar-refractivity contribution < 1.29 is 22.4 Å². The van der Waals surface area contributed by atoms with Crippen molar-refractivity contribution in [3.8, 4) is 11.4 Å². The third kappa shape index (κ3) is 4.70. The maximum absolute atomic E-state index is 13.0. The SMILES string of the molecule is CC(Sc1nnc(-c2ccc(F)cc2)n1C)C(=O)NCC(F)(F)F. The average Bonchev–Trinajstić information content (AvgIpc) is 2.86. The second kappa shape index (κ2) is 7.20. The highest BCUT2D eigenvalue weighted by molar-refractivity contribution is 8.00. The largest absolute Gasteiger partial charge is 0.405 e. The van der Waals surface area contributed by atoms with Gasteiger partial charge in [-0.25, -0.2) is 4.39 Å². The van der Waals surface area contributed by atoms with Gasteiger partial charge in [0, 0.05) is 12.6 Å². The van der Waals surface area contributed by atoms with E-state index in [1.165, 1.54) is 31.2 Å². The van der Waals surface area contributed by atoms with Crippen LogP contribution in [0, 0.1) is 5.82 Å². The maximum atomic E-state index is 13.0. The highest BCUT2D eigenvalue weighted by atomic mass is 32.2. The van der Waals surface area contributed by atoms with Crippen molar-refractivity contribution in [2.24, 2.45) is 7.05 Å². The fraction of sp³-hybridized carbons (Fsp3) is 0.357. The summed E-state index contributed by atoms with van der Waals surface area (Å²) in [7, 11) is 1.65. The first kappa shape index (κ1) is 18.2. The molecular weight excluding hydrogens is 348 g/mol. The monoisotopic (exact) mass is 362 g/mol. The van der Waals surface area contributed by atoms with E-state index in [4.69, 9.17) is 0 Å². The topological polar surface area (TPSA) is 59.8 Å². The van der Waals surface area contributed by atoms with Gasteiger partial charge in [0.1, 0.15) is 12.4 Å². The van der Waals surface area contributed by atoms with Gasteiger partial charge in [-0.1, -0.05) is 11.8 Å². The van der Waals surface area contributed by atoms with E-state index < -0.39 is 23.9 Å². The van der Waals surface area contributed by atoms with Crippen molar-refractivity contribution in [3.63, 3.8) is 0 Å². The number of benzene rings is 1. The molecule has 1 heterocycles. The van der Waals surface area contributed by atoms with E-state index in [-0.39, 0.29) is 5.82 Å². The molecule has 10 heteroatoms. The minimum atomic E-state index is -4.46. The van der Waals surface area contributed by atoms with Crippen LogP contribution in [0.5, 0.6) is 0 Å². The van der Waals surface area contributed by atoms with Crippen LogP contribution in [0.3, 0.4) is 0 Å². The lowest BCUT2D eigenvalue weighted by atomic mass is 10.2. The highest BCUT2D eigenvalue weighted by Crippen LogP contribution is 2.26. The Balaban J connectivity index is 2.05. The number of rotatable bonds is 5. The molecule has 0 bridgehead atoms. The van der Waals surface area contributed by atoms with Crippen molar-refractivity contribution in [3.05, 3.63) is 30.1 Å². The summed E-state index contributed by atoms with van der Waals surface area (Å²) < 4.78 is 50.9. The van der Waals surface area contributed by atoms with Crippen molar-refractivity contribution in [2.75, 3.05) is 6.54 Å². The van der Waals surface area contributed by atoms with Crippen LogP contribution in [-0.2, 0) is 11.8 Å². The van der Waals surface area contributed by atoms with Crippen LogP contribution in [-0.4, -0.2) is 38.6 Å². The molecule has 0 aliphatic rings. The zero-order valence-corrected chi connectivity index (χ0v) is 13.6. The molecule has 1 atom stereocenters. The Labute approximate surface area is 139 Å². The van der Waals surface area contributed by atoms with Crippen molar-refractivity contribution in [1.29, 1.82) is 0 Å². The van der Waals surface area contributed by atoms with Crippen LogP contribution in [0.15, 0.2) is 29.4 Å². The molecule has 5 nitrogen and oxygen atoms in total. The molecule has 130 valence electrons. The molecule has 2 rings (SSSR count). The predicted molar refractivity (Wildman–Crippen MR) is 80.8 cm³/mol. The van der Waals surface area contributed by atoms with Crippen LogP contribution >= 0.6 is 11.8 Å². The summed E-state index contributed by atoms with van der Waals surface area (Å²) in [4.78, 5) is 11.7. The van der Waals surface area contributed by atoms with Crippen LogP contribution in [0.25, 0.3) is 11.4 Å². The summed E-state index contributed by atoms with van der Waals surface area (Å²) in [5.74, 6) is -0.672. The van der Waals surface area contributed by atoms with Crippen molar-refractivity contribution in [1.82, 2.24) is 20.1 Å². The number of thioether (sulfide) groups is 1. The number of amides is 1. The number of hydrogen-bond donors (Lipinski definition) is 1. The summed E-state index contributed by atoms with van der Waals surface area (Å²) >= 11 is 0.983. The number of aromatic nitrogens is 3. The first-order valence-corrected chi connectivity index (χ1v) is 7.72. The van der Waals surface area contributed by atoms with Crippen molar-refractivity contribution in [2.45, 2.75) is 23.5 Å². The minimum Gasteiger partial charge on any atom is -0.346 e. The predicted octanol–water partition coefficient (Wildman–Crippen LogP) is 2.78. The summed E-state index contributed by atoms with van der Waals surface area (Å²) in [5, 5.41) is 9.30. The smallest absolute Gasteiger partial charge is 0.346 e. The first-order chi connectivity index (χ1) is 11.2. The van der Waals surface area contributed by atoms with Gasteiger partial charge in [0.05, 0.1) is 5.25 Å². The summed E-state index contributed by atoms with van der Waals surface area (Å²) in [5.41, 5.74) is 0.632. The lowest BCUT2D eigenvalue weighted by Crippen LogP contribution is -2.38. The second-order valence-corrected chi connectivity index (χ2v) is 6.27. The van der Waals surface area contributed by atoms with E-state index in [9.17, 15) is 22.4 Å². The molecule has 1 aromatic carbocycles. The molecule has 1 amide bonds. The van der Waals surface area contributed by atoms with E-state index in [0.717, 1.165) is 11.8 Å². The maximum Gasteiger partial charge on any atom is 0.405 e. The molecule has 1 unspecified atom stereocenters. The van der Waals surface area contributed by atoms with Gasteiger partial charge in [-0.2, -0.15) is 13.2 Å². The lowest BCUT2D eigenvalue weighted by Gasteiger charge is -2.13. The van der Waals surface area contributed by atoms with Gasteiger partial charge < -0.3 is 9.88 Å². The molecule has 24 heavy (non-hydrogen) atoms. The summed E-state index contributed by atoms with van der Waals surface area (Å²) in [6.07, 6.45) is -4.46. The first-order valence-electron chi connectivity index (χ1n) is 6.84. The zero-order chi connectivity index (χ0) is 17.9. The van der Waals surface area contributed by atoms with E-state index in [1.807, 2.05) is 5.32 Å².